The molecule has 0 spiro atoms. The summed E-state index contributed by atoms with van der Waals surface area (Å²) in [6.45, 7) is 0. The molecule has 1 unspecified atom stereocenters. The SMILES string of the molecule is Nc1ccc2nnc(CC3CCCS(=O)(=O)C3)n2c1. The molecule has 6 nitrogen and oxygen atoms in total. The van der Waals surface area contributed by atoms with E-state index in [4.69, 9.17) is 5.73 Å². The van der Waals surface area contributed by atoms with Gasteiger partial charge >= 0.3 is 0 Å². The molecule has 7 heteroatoms. The number of fused-ring (bicyclic) bond motifs is 1. The highest BCUT2D eigenvalue weighted by Crippen LogP contribution is 2.22. The van der Waals surface area contributed by atoms with Crippen molar-refractivity contribution in [3.63, 3.8) is 0 Å². The van der Waals surface area contributed by atoms with E-state index >= 15 is 0 Å². The second kappa shape index (κ2) is 4.48. The standard InChI is InChI=1S/C12H16N4O2S/c13-10-3-4-11-14-15-12(16(11)7-10)6-9-2-1-5-19(17,18)8-9/h3-4,7,9H,1-2,5-6,8,13H2. The average molecular weight is 280 g/mol. The van der Waals surface area contributed by atoms with E-state index < -0.39 is 9.84 Å². The van der Waals surface area contributed by atoms with E-state index in [0.717, 1.165) is 24.3 Å². The third-order valence-corrected chi connectivity index (χ3v) is 5.41. The van der Waals surface area contributed by atoms with Gasteiger partial charge in [0.1, 0.15) is 5.82 Å². The van der Waals surface area contributed by atoms with Gasteiger partial charge in [0.15, 0.2) is 15.5 Å². The molecular weight excluding hydrogens is 264 g/mol. The van der Waals surface area contributed by atoms with Gasteiger partial charge in [0.2, 0.25) is 0 Å². The van der Waals surface area contributed by atoms with E-state index in [0.29, 0.717) is 17.9 Å². The van der Waals surface area contributed by atoms with Crippen LogP contribution >= 0.6 is 0 Å². The first-order valence-electron chi connectivity index (χ1n) is 6.33. The maximum absolute atomic E-state index is 11.6. The summed E-state index contributed by atoms with van der Waals surface area (Å²) in [5.41, 5.74) is 7.14. The number of pyridine rings is 1. The van der Waals surface area contributed by atoms with Gasteiger partial charge in [-0.25, -0.2) is 8.42 Å². The van der Waals surface area contributed by atoms with E-state index in [2.05, 4.69) is 10.2 Å². The van der Waals surface area contributed by atoms with Crippen LogP contribution in [0, 0.1) is 5.92 Å². The summed E-state index contributed by atoms with van der Waals surface area (Å²) in [4.78, 5) is 0. The van der Waals surface area contributed by atoms with Crippen LogP contribution in [0.2, 0.25) is 0 Å². The third kappa shape index (κ3) is 2.56. The highest BCUT2D eigenvalue weighted by atomic mass is 32.2. The second-order valence-corrected chi connectivity index (χ2v) is 7.36. The van der Waals surface area contributed by atoms with Crippen molar-refractivity contribution >= 4 is 21.2 Å². The molecule has 3 rings (SSSR count). The molecule has 0 aromatic carbocycles. The number of rotatable bonds is 2. The number of sulfone groups is 1. The number of nitrogens with two attached hydrogens (primary N) is 1. The van der Waals surface area contributed by atoms with Crippen LogP contribution in [-0.2, 0) is 16.3 Å². The van der Waals surface area contributed by atoms with Gasteiger partial charge in [0.05, 0.1) is 11.5 Å². The normalized spacial score (nSPS) is 22.6. The molecule has 1 fully saturated rings. The maximum atomic E-state index is 11.6. The Labute approximate surface area is 111 Å². The molecule has 0 amide bonds. The Morgan fingerprint density at radius 2 is 2.21 bits per heavy atom. The molecule has 2 aromatic heterocycles. The lowest BCUT2D eigenvalue weighted by Gasteiger charge is -2.20. The Balaban J connectivity index is 1.87. The molecule has 2 aromatic rings. The highest BCUT2D eigenvalue weighted by molar-refractivity contribution is 7.91. The molecule has 0 radical (unpaired) electrons. The zero-order chi connectivity index (χ0) is 13.5. The van der Waals surface area contributed by atoms with Gasteiger partial charge in [-0.3, -0.25) is 4.40 Å². The molecule has 102 valence electrons. The van der Waals surface area contributed by atoms with E-state index in [1.54, 1.807) is 12.3 Å². The summed E-state index contributed by atoms with van der Waals surface area (Å²) in [6.07, 6.45) is 4.08. The van der Waals surface area contributed by atoms with Gasteiger partial charge in [-0.15, -0.1) is 10.2 Å². The van der Waals surface area contributed by atoms with Crippen molar-refractivity contribution in [1.29, 1.82) is 0 Å². The van der Waals surface area contributed by atoms with Crippen LogP contribution in [0.15, 0.2) is 18.3 Å². The molecule has 1 saturated heterocycles. The predicted molar refractivity (Wildman–Crippen MR) is 72.5 cm³/mol. The molecule has 3 heterocycles. The predicted octanol–water partition coefficient (Wildman–Crippen LogP) is 0.679. The Hall–Kier alpha value is -1.63. The number of aromatic nitrogens is 3. The lowest BCUT2D eigenvalue weighted by Crippen LogP contribution is -2.27. The lowest BCUT2D eigenvalue weighted by atomic mass is 10.0. The van der Waals surface area contributed by atoms with Crippen LogP contribution in [0.3, 0.4) is 0 Å². The maximum Gasteiger partial charge on any atom is 0.160 e. The summed E-state index contributed by atoms with van der Waals surface area (Å²) in [6, 6.07) is 3.59. The Morgan fingerprint density at radius 3 is 3.00 bits per heavy atom. The minimum atomic E-state index is -2.88. The van der Waals surface area contributed by atoms with E-state index in [9.17, 15) is 8.42 Å². The van der Waals surface area contributed by atoms with E-state index in [1.807, 2.05) is 10.5 Å². The Kier molecular flexibility index (Phi) is 2.93. The fourth-order valence-corrected chi connectivity index (χ4v) is 4.41. The van der Waals surface area contributed by atoms with Gasteiger partial charge < -0.3 is 5.73 Å². The van der Waals surface area contributed by atoms with Crippen molar-refractivity contribution in [2.45, 2.75) is 19.3 Å². The van der Waals surface area contributed by atoms with Crippen LogP contribution in [-0.4, -0.2) is 34.5 Å². The summed E-state index contributed by atoms with van der Waals surface area (Å²) in [5, 5.41) is 8.21. The van der Waals surface area contributed by atoms with Crippen molar-refractivity contribution in [3.05, 3.63) is 24.2 Å². The van der Waals surface area contributed by atoms with Crippen molar-refractivity contribution in [3.8, 4) is 0 Å². The second-order valence-electron chi connectivity index (χ2n) is 5.13. The summed E-state index contributed by atoms with van der Waals surface area (Å²) >= 11 is 0. The molecule has 1 atom stereocenters. The number of hydrogen-bond donors (Lipinski definition) is 1. The Morgan fingerprint density at radius 1 is 1.37 bits per heavy atom. The molecule has 19 heavy (non-hydrogen) atoms. The molecule has 2 N–H and O–H groups in total. The van der Waals surface area contributed by atoms with Gasteiger partial charge in [-0.1, -0.05) is 0 Å². The number of nitrogen functional groups attached to an aromatic ring is 1. The van der Waals surface area contributed by atoms with Gasteiger partial charge in [-0.2, -0.15) is 0 Å². The topological polar surface area (TPSA) is 90.3 Å². The Bertz CT molecular complexity index is 708. The average Bonchev–Trinajstić information content (AvgIpc) is 2.71. The van der Waals surface area contributed by atoms with Crippen LogP contribution in [0.1, 0.15) is 18.7 Å². The molecule has 0 saturated carbocycles. The monoisotopic (exact) mass is 280 g/mol. The molecule has 0 aliphatic carbocycles. The van der Waals surface area contributed by atoms with Gasteiger partial charge in [0.25, 0.3) is 0 Å². The molecule has 1 aliphatic rings. The van der Waals surface area contributed by atoms with Crippen molar-refractivity contribution in [2.24, 2.45) is 5.92 Å². The van der Waals surface area contributed by atoms with Crippen molar-refractivity contribution < 1.29 is 8.42 Å². The fraction of sp³-hybridized carbons (Fsp3) is 0.500. The van der Waals surface area contributed by atoms with Crippen LogP contribution < -0.4 is 5.73 Å². The smallest absolute Gasteiger partial charge is 0.160 e. The minimum absolute atomic E-state index is 0.132. The summed E-state index contributed by atoms with van der Waals surface area (Å²) in [5.74, 6) is 1.48. The van der Waals surface area contributed by atoms with Crippen LogP contribution in [0.25, 0.3) is 5.65 Å². The summed E-state index contributed by atoms with van der Waals surface area (Å²) < 4.78 is 25.1. The van der Waals surface area contributed by atoms with Crippen molar-refractivity contribution in [2.75, 3.05) is 17.2 Å². The first-order chi connectivity index (χ1) is 9.03. The fourth-order valence-electron chi connectivity index (χ4n) is 2.63. The zero-order valence-electron chi connectivity index (χ0n) is 10.5. The van der Waals surface area contributed by atoms with Crippen LogP contribution in [0.4, 0.5) is 5.69 Å². The number of hydrogen-bond acceptors (Lipinski definition) is 5. The molecule has 0 bridgehead atoms. The molecule has 1 aliphatic heterocycles. The number of nitrogens with zero attached hydrogens (tertiary/aromatic N) is 3. The van der Waals surface area contributed by atoms with E-state index in [-0.39, 0.29) is 11.7 Å². The first kappa shape index (κ1) is 12.4. The minimum Gasteiger partial charge on any atom is -0.398 e. The lowest BCUT2D eigenvalue weighted by molar-refractivity contribution is 0.474. The van der Waals surface area contributed by atoms with Gasteiger partial charge in [-0.05, 0) is 30.9 Å². The van der Waals surface area contributed by atoms with Gasteiger partial charge in [0, 0.05) is 18.3 Å². The largest absolute Gasteiger partial charge is 0.398 e. The zero-order valence-corrected chi connectivity index (χ0v) is 11.3. The summed E-state index contributed by atoms with van der Waals surface area (Å²) in [7, 11) is -2.88. The highest BCUT2D eigenvalue weighted by Gasteiger charge is 2.26. The first-order valence-corrected chi connectivity index (χ1v) is 8.15. The van der Waals surface area contributed by atoms with Crippen molar-refractivity contribution in [1.82, 2.24) is 14.6 Å². The quantitative estimate of drug-likeness (QED) is 0.873. The van der Waals surface area contributed by atoms with E-state index in [1.165, 1.54) is 0 Å². The molecular formula is C12H16N4O2S. The third-order valence-electron chi connectivity index (χ3n) is 3.52. The number of anilines is 1. The van der Waals surface area contributed by atoms with Crippen LogP contribution in [0.5, 0.6) is 0 Å².